The number of esters is 1. The molecule has 0 heterocycles. The molecule has 1 aromatic carbocycles. The van der Waals surface area contributed by atoms with Crippen LogP contribution in [0, 0.1) is 10.1 Å². The zero-order valence-electron chi connectivity index (χ0n) is 17.4. The van der Waals surface area contributed by atoms with Gasteiger partial charge in [0.15, 0.2) is 0 Å². The van der Waals surface area contributed by atoms with Crippen molar-refractivity contribution in [3.05, 3.63) is 33.9 Å². The first-order valence-corrected chi connectivity index (χ1v) is 10.3. The van der Waals surface area contributed by atoms with Gasteiger partial charge < -0.3 is 14.8 Å². The van der Waals surface area contributed by atoms with Gasteiger partial charge in [0.05, 0.1) is 22.8 Å². The lowest BCUT2D eigenvalue weighted by molar-refractivity contribution is -0.384. The summed E-state index contributed by atoms with van der Waals surface area (Å²) in [6, 6.07) is 3.66. The summed E-state index contributed by atoms with van der Waals surface area (Å²) in [5.41, 5.74) is -0.0942. The largest absolute Gasteiger partial charge is 0.462 e. The second-order valence-corrected chi connectivity index (χ2v) is 6.84. The Hall–Kier alpha value is -2.48. The number of nitro benzene ring substituents is 1. The number of nitrogens with one attached hydrogen (secondary N) is 1. The number of ether oxygens (including phenoxy) is 2. The molecule has 0 aromatic heterocycles. The van der Waals surface area contributed by atoms with Gasteiger partial charge in [0.2, 0.25) is 5.91 Å². The third kappa shape index (κ3) is 10.0. The summed E-state index contributed by atoms with van der Waals surface area (Å²) in [4.78, 5) is 34.8. The highest BCUT2D eigenvalue weighted by Crippen LogP contribution is 2.23. The monoisotopic (exact) mass is 408 g/mol. The fourth-order valence-corrected chi connectivity index (χ4v) is 2.65. The third-order valence-corrected chi connectivity index (χ3v) is 4.31. The van der Waals surface area contributed by atoms with E-state index < -0.39 is 16.8 Å². The maximum Gasteiger partial charge on any atom is 0.340 e. The third-order valence-electron chi connectivity index (χ3n) is 4.31. The van der Waals surface area contributed by atoms with Gasteiger partial charge in [0, 0.05) is 18.7 Å². The second-order valence-electron chi connectivity index (χ2n) is 6.84. The number of nitrogens with zero attached hydrogens (tertiary/aromatic N) is 1. The highest BCUT2D eigenvalue weighted by atomic mass is 16.6. The molecule has 0 saturated carbocycles. The van der Waals surface area contributed by atoms with E-state index in [1.807, 2.05) is 6.92 Å². The van der Waals surface area contributed by atoms with Crippen LogP contribution >= 0.6 is 0 Å². The number of benzene rings is 1. The number of amides is 1. The van der Waals surface area contributed by atoms with Crippen molar-refractivity contribution in [2.45, 2.75) is 65.2 Å². The lowest BCUT2D eigenvalue weighted by atomic mass is 10.1. The molecular formula is C21H32N2O6. The summed E-state index contributed by atoms with van der Waals surface area (Å²) >= 11 is 0. The van der Waals surface area contributed by atoms with Gasteiger partial charge >= 0.3 is 5.97 Å². The molecule has 0 aliphatic rings. The van der Waals surface area contributed by atoms with Gasteiger partial charge in [-0.3, -0.25) is 14.9 Å². The van der Waals surface area contributed by atoms with E-state index >= 15 is 0 Å². The summed E-state index contributed by atoms with van der Waals surface area (Å²) in [7, 11) is 0. The van der Waals surface area contributed by atoms with Crippen molar-refractivity contribution in [1.29, 1.82) is 0 Å². The van der Waals surface area contributed by atoms with Gasteiger partial charge in [-0.1, -0.05) is 52.4 Å². The molecule has 0 bridgehead atoms. The molecule has 0 spiro atoms. The number of hydrogen-bond acceptors (Lipinski definition) is 6. The standard InChI is InChI=1S/C21H32N2O6/c1-3-5-7-8-9-10-13-28-16-20(24)22-19-15-17(23(26)27)11-12-18(19)21(25)29-14-6-4-2/h11-12,15H,3-10,13-14,16H2,1-2H3,(H,22,24). The Morgan fingerprint density at radius 3 is 2.38 bits per heavy atom. The van der Waals surface area contributed by atoms with Crippen LogP contribution in [0.4, 0.5) is 11.4 Å². The zero-order chi connectivity index (χ0) is 21.5. The lowest BCUT2D eigenvalue weighted by Gasteiger charge is -2.11. The molecular weight excluding hydrogens is 376 g/mol. The molecule has 0 aliphatic carbocycles. The van der Waals surface area contributed by atoms with E-state index in [9.17, 15) is 19.7 Å². The fraction of sp³-hybridized carbons (Fsp3) is 0.619. The Morgan fingerprint density at radius 1 is 1.00 bits per heavy atom. The minimum absolute atomic E-state index is 0.0499. The fourth-order valence-electron chi connectivity index (χ4n) is 2.65. The van der Waals surface area contributed by atoms with E-state index in [1.165, 1.54) is 31.4 Å². The first-order valence-electron chi connectivity index (χ1n) is 10.3. The molecule has 0 radical (unpaired) electrons. The van der Waals surface area contributed by atoms with Crippen LogP contribution in [0.15, 0.2) is 18.2 Å². The van der Waals surface area contributed by atoms with Crippen molar-refractivity contribution in [2.75, 3.05) is 25.1 Å². The second kappa shape index (κ2) is 14.5. The van der Waals surface area contributed by atoms with E-state index in [4.69, 9.17) is 9.47 Å². The molecule has 0 aliphatic heterocycles. The highest BCUT2D eigenvalue weighted by molar-refractivity contribution is 6.02. The van der Waals surface area contributed by atoms with Crippen molar-refractivity contribution in [2.24, 2.45) is 0 Å². The average molecular weight is 408 g/mol. The molecule has 1 rings (SSSR count). The van der Waals surface area contributed by atoms with Gasteiger partial charge in [0.25, 0.3) is 5.69 Å². The molecule has 0 fully saturated rings. The van der Waals surface area contributed by atoms with Crippen LogP contribution in [-0.4, -0.2) is 36.6 Å². The Morgan fingerprint density at radius 2 is 1.69 bits per heavy atom. The maximum absolute atomic E-state index is 12.2. The first kappa shape index (κ1) is 24.6. The van der Waals surface area contributed by atoms with Crippen molar-refractivity contribution in [3.63, 3.8) is 0 Å². The first-order chi connectivity index (χ1) is 14.0. The van der Waals surface area contributed by atoms with Gasteiger partial charge in [0.1, 0.15) is 6.61 Å². The van der Waals surface area contributed by atoms with Crippen molar-refractivity contribution < 1.29 is 24.0 Å². The van der Waals surface area contributed by atoms with Crippen LogP contribution in [0.1, 0.15) is 75.6 Å². The van der Waals surface area contributed by atoms with Gasteiger partial charge in [-0.05, 0) is 18.9 Å². The zero-order valence-corrected chi connectivity index (χ0v) is 17.4. The van der Waals surface area contributed by atoms with E-state index in [0.717, 1.165) is 31.7 Å². The van der Waals surface area contributed by atoms with Crippen LogP contribution in [0.3, 0.4) is 0 Å². The highest BCUT2D eigenvalue weighted by Gasteiger charge is 2.19. The number of carbonyl (C=O) groups excluding carboxylic acids is 2. The molecule has 0 unspecified atom stereocenters. The van der Waals surface area contributed by atoms with Crippen LogP contribution in [0.5, 0.6) is 0 Å². The molecule has 1 N–H and O–H groups in total. The van der Waals surface area contributed by atoms with Crippen LogP contribution in [0.2, 0.25) is 0 Å². The number of rotatable bonds is 15. The predicted molar refractivity (Wildman–Crippen MR) is 111 cm³/mol. The van der Waals surface area contributed by atoms with Crippen LogP contribution in [-0.2, 0) is 14.3 Å². The molecule has 1 amide bonds. The van der Waals surface area contributed by atoms with Crippen LogP contribution < -0.4 is 5.32 Å². The Balaban J connectivity index is 2.58. The van der Waals surface area contributed by atoms with Crippen LogP contribution in [0.25, 0.3) is 0 Å². The summed E-state index contributed by atoms with van der Waals surface area (Å²) in [6.45, 7) is 4.68. The van der Waals surface area contributed by atoms with Crippen molar-refractivity contribution in [3.8, 4) is 0 Å². The number of non-ortho nitro benzene ring substituents is 1. The number of anilines is 1. The van der Waals surface area contributed by atoms with Crippen molar-refractivity contribution >= 4 is 23.3 Å². The molecule has 8 heteroatoms. The molecule has 8 nitrogen and oxygen atoms in total. The van der Waals surface area contributed by atoms with Gasteiger partial charge in [-0.2, -0.15) is 0 Å². The van der Waals surface area contributed by atoms with Crippen molar-refractivity contribution in [1.82, 2.24) is 0 Å². The number of carbonyl (C=O) groups is 2. The number of nitro groups is 1. The maximum atomic E-state index is 12.2. The predicted octanol–water partition coefficient (Wildman–Crippen LogP) is 4.87. The SMILES string of the molecule is CCCCCCCCOCC(=O)Nc1cc([N+](=O)[O-])ccc1C(=O)OCCCC. The molecule has 162 valence electrons. The van der Waals surface area contributed by atoms with E-state index in [0.29, 0.717) is 13.0 Å². The number of hydrogen-bond donors (Lipinski definition) is 1. The Labute approximate surface area is 172 Å². The normalized spacial score (nSPS) is 10.6. The minimum Gasteiger partial charge on any atom is -0.462 e. The summed E-state index contributed by atoms with van der Waals surface area (Å²) < 4.78 is 10.5. The molecule has 1 aromatic rings. The van der Waals surface area contributed by atoms with E-state index in [2.05, 4.69) is 12.2 Å². The van der Waals surface area contributed by atoms with E-state index in [1.54, 1.807) is 0 Å². The van der Waals surface area contributed by atoms with Gasteiger partial charge in [-0.25, -0.2) is 4.79 Å². The average Bonchev–Trinajstić information content (AvgIpc) is 2.70. The summed E-state index contributed by atoms with van der Waals surface area (Å²) in [5, 5.41) is 13.5. The smallest absolute Gasteiger partial charge is 0.340 e. The number of unbranched alkanes of at least 4 members (excludes halogenated alkanes) is 6. The minimum atomic E-state index is -0.628. The molecule has 29 heavy (non-hydrogen) atoms. The molecule has 0 saturated heterocycles. The summed E-state index contributed by atoms with van der Waals surface area (Å²) in [6.07, 6.45) is 8.31. The van der Waals surface area contributed by atoms with E-state index in [-0.39, 0.29) is 30.2 Å². The summed E-state index contributed by atoms with van der Waals surface area (Å²) in [5.74, 6) is -1.10. The quantitative estimate of drug-likeness (QED) is 0.192. The Kier molecular flexibility index (Phi) is 12.3. The topological polar surface area (TPSA) is 108 Å². The lowest BCUT2D eigenvalue weighted by Crippen LogP contribution is -2.21. The molecule has 0 atom stereocenters. The Bertz CT molecular complexity index is 663. The van der Waals surface area contributed by atoms with Gasteiger partial charge in [-0.15, -0.1) is 0 Å².